The van der Waals surface area contributed by atoms with Crippen molar-refractivity contribution in [3.8, 4) is 11.1 Å². The minimum Gasteiger partial charge on any atom is -0.401 e. The van der Waals surface area contributed by atoms with Crippen molar-refractivity contribution in [2.75, 3.05) is 18.5 Å². The van der Waals surface area contributed by atoms with Gasteiger partial charge in [0.2, 0.25) is 0 Å². The van der Waals surface area contributed by atoms with Gasteiger partial charge in [0.05, 0.1) is 24.5 Å². The van der Waals surface area contributed by atoms with Crippen LogP contribution in [0.1, 0.15) is 36.1 Å². The standard InChI is InChI=1S/C24H29N5O/c1-16(25)24-20-9-8-17(19-13-27-28(2)14-19)12-21(20)23(10-11-26-24)29(3)22-7-5-4-6-18(22)15-30/h4-9,12-14,23,26,30H,10-11,15,25H2,1-3H3/b24-16-. The number of benzene rings is 2. The third-order valence-corrected chi connectivity index (χ3v) is 5.84. The molecule has 2 heterocycles. The molecule has 2 aromatic carbocycles. The van der Waals surface area contributed by atoms with E-state index in [1.54, 1.807) is 0 Å². The van der Waals surface area contributed by atoms with E-state index in [4.69, 9.17) is 5.73 Å². The van der Waals surface area contributed by atoms with E-state index in [0.29, 0.717) is 0 Å². The van der Waals surface area contributed by atoms with E-state index in [1.807, 2.05) is 49.2 Å². The predicted octanol–water partition coefficient (Wildman–Crippen LogP) is 3.40. The smallest absolute Gasteiger partial charge is 0.0702 e. The van der Waals surface area contributed by atoms with Crippen LogP contribution in [0.2, 0.25) is 0 Å². The van der Waals surface area contributed by atoms with Gasteiger partial charge in [-0.2, -0.15) is 5.10 Å². The van der Waals surface area contributed by atoms with Gasteiger partial charge in [-0.15, -0.1) is 0 Å². The van der Waals surface area contributed by atoms with Crippen molar-refractivity contribution in [2.45, 2.75) is 26.0 Å². The van der Waals surface area contributed by atoms with Crippen LogP contribution in [0.25, 0.3) is 16.8 Å². The summed E-state index contributed by atoms with van der Waals surface area (Å²) in [6, 6.07) is 14.7. The highest BCUT2D eigenvalue weighted by Gasteiger charge is 2.27. The van der Waals surface area contributed by atoms with Crippen LogP contribution in [0, 0.1) is 0 Å². The zero-order valence-electron chi connectivity index (χ0n) is 17.8. The maximum absolute atomic E-state index is 9.85. The summed E-state index contributed by atoms with van der Waals surface area (Å²) in [5.41, 5.74) is 14.5. The number of nitrogens with two attached hydrogens (primary N) is 1. The first kappa shape index (κ1) is 20.0. The normalized spacial score (nSPS) is 17.7. The first-order chi connectivity index (χ1) is 14.5. The fraction of sp³-hybridized carbons (Fsp3) is 0.292. The Hall–Kier alpha value is -3.25. The molecule has 6 heteroatoms. The zero-order valence-corrected chi connectivity index (χ0v) is 17.8. The van der Waals surface area contributed by atoms with Crippen molar-refractivity contribution in [1.82, 2.24) is 15.1 Å². The van der Waals surface area contributed by atoms with E-state index in [-0.39, 0.29) is 12.6 Å². The molecule has 1 unspecified atom stereocenters. The van der Waals surface area contributed by atoms with Gasteiger partial charge in [-0.05, 0) is 36.6 Å². The Morgan fingerprint density at radius 2 is 2.07 bits per heavy atom. The highest BCUT2D eigenvalue weighted by Crippen LogP contribution is 2.38. The Bertz CT molecular complexity index is 1080. The number of aliphatic hydroxyl groups is 1. The molecule has 0 radical (unpaired) electrons. The summed E-state index contributed by atoms with van der Waals surface area (Å²) >= 11 is 0. The van der Waals surface area contributed by atoms with Crippen molar-refractivity contribution >= 4 is 11.4 Å². The molecule has 4 N–H and O–H groups in total. The number of anilines is 1. The maximum Gasteiger partial charge on any atom is 0.0702 e. The van der Waals surface area contributed by atoms with Gasteiger partial charge in [0.1, 0.15) is 0 Å². The Morgan fingerprint density at radius 1 is 1.27 bits per heavy atom. The predicted molar refractivity (Wildman–Crippen MR) is 122 cm³/mol. The van der Waals surface area contributed by atoms with Crippen LogP contribution in [0.5, 0.6) is 0 Å². The van der Waals surface area contributed by atoms with Crippen molar-refractivity contribution in [3.63, 3.8) is 0 Å². The molecule has 156 valence electrons. The monoisotopic (exact) mass is 403 g/mol. The molecule has 3 aromatic rings. The molecule has 1 aromatic heterocycles. The number of nitrogens with zero attached hydrogens (tertiary/aromatic N) is 3. The van der Waals surface area contributed by atoms with Crippen molar-refractivity contribution < 1.29 is 5.11 Å². The maximum atomic E-state index is 9.85. The quantitative estimate of drug-likeness (QED) is 0.622. The van der Waals surface area contributed by atoms with Gasteiger partial charge in [-0.3, -0.25) is 4.68 Å². The largest absolute Gasteiger partial charge is 0.401 e. The highest BCUT2D eigenvalue weighted by molar-refractivity contribution is 5.75. The molecule has 0 bridgehead atoms. The molecule has 6 nitrogen and oxygen atoms in total. The Kier molecular flexibility index (Phi) is 5.50. The lowest BCUT2D eigenvalue weighted by atomic mass is 9.92. The fourth-order valence-electron chi connectivity index (χ4n) is 4.31. The van der Waals surface area contributed by atoms with Crippen LogP contribution in [-0.4, -0.2) is 28.5 Å². The summed E-state index contributed by atoms with van der Waals surface area (Å²) < 4.78 is 1.82. The van der Waals surface area contributed by atoms with E-state index >= 15 is 0 Å². The van der Waals surface area contributed by atoms with Crippen LogP contribution in [0.3, 0.4) is 0 Å². The molecule has 0 saturated carbocycles. The summed E-state index contributed by atoms with van der Waals surface area (Å²) in [4.78, 5) is 2.27. The molecule has 0 spiro atoms. The van der Waals surface area contributed by atoms with E-state index in [0.717, 1.165) is 52.3 Å². The first-order valence-electron chi connectivity index (χ1n) is 10.2. The van der Waals surface area contributed by atoms with Crippen molar-refractivity contribution in [3.05, 3.63) is 77.2 Å². The molecule has 1 atom stereocenters. The van der Waals surface area contributed by atoms with Crippen LogP contribution in [0.15, 0.2) is 60.6 Å². The van der Waals surface area contributed by atoms with E-state index < -0.39 is 0 Å². The van der Waals surface area contributed by atoms with E-state index in [2.05, 4.69) is 46.6 Å². The van der Waals surface area contributed by atoms with Crippen molar-refractivity contribution in [2.24, 2.45) is 12.8 Å². The number of rotatable bonds is 4. The van der Waals surface area contributed by atoms with Gasteiger partial charge >= 0.3 is 0 Å². The van der Waals surface area contributed by atoms with Gasteiger partial charge in [0, 0.05) is 54.9 Å². The van der Waals surface area contributed by atoms with Gasteiger partial charge in [-0.1, -0.05) is 30.3 Å². The summed E-state index contributed by atoms with van der Waals surface area (Å²) in [6.07, 6.45) is 4.83. The van der Waals surface area contributed by atoms with Crippen LogP contribution in [-0.2, 0) is 13.7 Å². The third-order valence-electron chi connectivity index (χ3n) is 5.84. The molecule has 1 aliphatic rings. The topological polar surface area (TPSA) is 79.3 Å². The zero-order chi connectivity index (χ0) is 21.3. The number of hydrogen-bond acceptors (Lipinski definition) is 5. The number of aliphatic hydroxyl groups excluding tert-OH is 1. The van der Waals surface area contributed by atoms with Crippen LogP contribution < -0.4 is 16.0 Å². The summed E-state index contributed by atoms with van der Waals surface area (Å²) in [5, 5.41) is 17.7. The Labute approximate surface area is 177 Å². The molecular formula is C24H29N5O. The molecule has 0 amide bonds. The average Bonchev–Trinajstić information content (AvgIpc) is 3.09. The number of allylic oxidation sites excluding steroid dienone is 1. The second-order valence-electron chi connectivity index (χ2n) is 7.89. The Balaban J connectivity index is 1.86. The second-order valence-corrected chi connectivity index (χ2v) is 7.89. The number of hydrogen-bond donors (Lipinski definition) is 3. The minimum atomic E-state index is 0.0150. The average molecular weight is 404 g/mol. The lowest BCUT2D eigenvalue weighted by molar-refractivity contribution is 0.282. The summed E-state index contributed by atoms with van der Waals surface area (Å²) in [5.74, 6) is 0. The van der Waals surface area contributed by atoms with Gasteiger partial charge in [0.15, 0.2) is 0 Å². The number of aryl methyl sites for hydroxylation is 1. The van der Waals surface area contributed by atoms with E-state index in [1.165, 1.54) is 5.56 Å². The van der Waals surface area contributed by atoms with Gasteiger partial charge in [0.25, 0.3) is 0 Å². The second kappa shape index (κ2) is 8.24. The van der Waals surface area contributed by atoms with Gasteiger partial charge in [-0.25, -0.2) is 0 Å². The molecule has 30 heavy (non-hydrogen) atoms. The van der Waals surface area contributed by atoms with Gasteiger partial charge < -0.3 is 21.1 Å². The molecule has 4 rings (SSSR count). The number of fused-ring (bicyclic) bond motifs is 1. The number of aromatic nitrogens is 2. The number of para-hydroxylation sites is 1. The molecule has 0 aliphatic carbocycles. The first-order valence-corrected chi connectivity index (χ1v) is 10.2. The summed E-state index contributed by atoms with van der Waals surface area (Å²) in [6.45, 7) is 2.77. The molecule has 0 saturated heterocycles. The fourth-order valence-corrected chi connectivity index (χ4v) is 4.31. The summed E-state index contributed by atoms with van der Waals surface area (Å²) in [7, 11) is 4.03. The lowest BCUT2D eigenvalue weighted by Gasteiger charge is -2.32. The molecule has 0 fully saturated rings. The highest BCUT2D eigenvalue weighted by atomic mass is 16.3. The van der Waals surface area contributed by atoms with Crippen LogP contribution in [0.4, 0.5) is 5.69 Å². The van der Waals surface area contributed by atoms with E-state index in [9.17, 15) is 5.11 Å². The van der Waals surface area contributed by atoms with Crippen molar-refractivity contribution in [1.29, 1.82) is 0 Å². The molecular weight excluding hydrogens is 374 g/mol. The number of nitrogens with one attached hydrogen (secondary N) is 1. The Morgan fingerprint density at radius 3 is 2.77 bits per heavy atom. The SMILES string of the molecule is C/C(N)=C1/NCCC(N(C)c2ccccc2CO)c2cc(-c3cnn(C)c3)ccc21. The third kappa shape index (κ3) is 3.66. The minimum absolute atomic E-state index is 0.0150. The molecule has 1 aliphatic heterocycles. The lowest BCUT2D eigenvalue weighted by Crippen LogP contribution is -2.26. The van der Waals surface area contributed by atoms with Crippen LogP contribution >= 0.6 is 0 Å².